The quantitative estimate of drug-likeness (QED) is 0.731. The summed E-state index contributed by atoms with van der Waals surface area (Å²) in [7, 11) is 2.01. The highest BCUT2D eigenvalue weighted by Gasteiger charge is 2.13. The third-order valence-corrected chi connectivity index (χ3v) is 5.05. The number of hydrogen-bond acceptors (Lipinski definition) is 3. The topological polar surface area (TPSA) is 29.9 Å². The van der Waals surface area contributed by atoms with Gasteiger partial charge in [-0.05, 0) is 71.5 Å². The van der Waals surface area contributed by atoms with Crippen molar-refractivity contribution in [3.8, 4) is 0 Å². The number of hydrogen-bond donors (Lipinski definition) is 1. The van der Waals surface area contributed by atoms with Crippen LogP contribution in [-0.4, -0.2) is 16.3 Å². The fourth-order valence-electron chi connectivity index (χ4n) is 2.15. The molecule has 1 atom stereocenters. The van der Waals surface area contributed by atoms with E-state index in [1.807, 2.05) is 29.3 Å². The largest absolute Gasteiger partial charge is 0.310 e. The maximum atomic E-state index is 4.23. The van der Waals surface area contributed by atoms with Crippen molar-refractivity contribution < 1.29 is 0 Å². The first-order valence-electron chi connectivity index (χ1n) is 6.65. The van der Waals surface area contributed by atoms with Gasteiger partial charge in [-0.3, -0.25) is 4.68 Å². The average Bonchev–Trinajstić information content (AvgIpc) is 2.99. The SMILES string of the molecule is CCCNC(CCc1ccnn1C)c1csc(I)c1. The number of halogens is 1. The summed E-state index contributed by atoms with van der Waals surface area (Å²) in [5.41, 5.74) is 2.72. The predicted octanol–water partition coefficient (Wildman–Crippen LogP) is 3.76. The third-order valence-electron chi connectivity index (χ3n) is 3.24. The fraction of sp³-hybridized carbons (Fsp3) is 0.500. The molecule has 0 saturated carbocycles. The normalized spacial score (nSPS) is 12.8. The lowest BCUT2D eigenvalue weighted by Gasteiger charge is -2.17. The van der Waals surface area contributed by atoms with Crippen molar-refractivity contribution in [3.05, 3.63) is 37.9 Å². The van der Waals surface area contributed by atoms with Gasteiger partial charge in [0.2, 0.25) is 0 Å². The Labute approximate surface area is 132 Å². The molecule has 0 bridgehead atoms. The molecule has 0 amide bonds. The number of rotatable bonds is 7. The lowest BCUT2D eigenvalue weighted by atomic mass is 10.0. The second-order valence-electron chi connectivity index (χ2n) is 4.68. The molecule has 2 heterocycles. The second-order valence-corrected chi connectivity index (χ2v) is 7.48. The van der Waals surface area contributed by atoms with E-state index in [1.54, 1.807) is 0 Å². The Morgan fingerprint density at radius 2 is 2.37 bits per heavy atom. The lowest BCUT2D eigenvalue weighted by Crippen LogP contribution is -2.22. The molecule has 0 aliphatic rings. The smallest absolute Gasteiger partial charge is 0.0656 e. The Hall–Kier alpha value is -0.400. The van der Waals surface area contributed by atoms with Crippen molar-refractivity contribution in [2.24, 2.45) is 7.05 Å². The van der Waals surface area contributed by atoms with Gasteiger partial charge in [0.15, 0.2) is 0 Å². The Balaban J connectivity index is 1.99. The molecule has 0 aliphatic heterocycles. The van der Waals surface area contributed by atoms with Crippen LogP contribution in [0.3, 0.4) is 0 Å². The van der Waals surface area contributed by atoms with Crippen molar-refractivity contribution in [2.45, 2.75) is 32.2 Å². The number of nitrogens with zero attached hydrogens (tertiary/aromatic N) is 2. The average molecular weight is 389 g/mol. The molecule has 5 heteroatoms. The highest BCUT2D eigenvalue weighted by atomic mass is 127. The summed E-state index contributed by atoms with van der Waals surface area (Å²) in [6.45, 7) is 3.28. The van der Waals surface area contributed by atoms with Gasteiger partial charge in [-0.2, -0.15) is 5.10 Å². The Morgan fingerprint density at radius 1 is 1.53 bits per heavy atom. The van der Waals surface area contributed by atoms with Crippen LogP contribution in [0.2, 0.25) is 0 Å². The molecule has 3 nitrogen and oxygen atoms in total. The summed E-state index contributed by atoms with van der Waals surface area (Å²) in [5, 5.41) is 10.2. The zero-order chi connectivity index (χ0) is 13.7. The van der Waals surface area contributed by atoms with Crippen molar-refractivity contribution in [3.63, 3.8) is 0 Å². The molecule has 1 N–H and O–H groups in total. The van der Waals surface area contributed by atoms with Gasteiger partial charge in [-0.25, -0.2) is 0 Å². The maximum absolute atomic E-state index is 4.23. The van der Waals surface area contributed by atoms with Gasteiger partial charge in [-0.15, -0.1) is 11.3 Å². The van der Waals surface area contributed by atoms with E-state index >= 15 is 0 Å². The molecule has 19 heavy (non-hydrogen) atoms. The van der Waals surface area contributed by atoms with Gasteiger partial charge >= 0.3 is 0 Å². The zero-order valence-corrected chi connectivity index (χ0v) is 14.4. The third kappa shape index (κ3) is 4.29. The van der Waals surface area contributed by atoms with Gasteiger partial charge in [-0.1, -0.05) is 6.92 Å². The highest BCUT2D eigenvalue weighted by Crippen LogP contribution is 2.25. The maximum Gasteiger partial charge on any atom is 0.0656 e. The van der Waals surface area contributed by atoms with Crippen LogP contribution in [0.15, 0.2) is 23.7 Å². The van der Waals surface area contributed by atoms with E-state index in [0.717, 1.165) is 19.4 Å². The first-order valence-corrected chi connectivity index (χ1v) is 8.60. The summed E-state index contributed by atoms with van der Waals surface area (Å²) in [6.07, 6.45) is 5.22. The second kappa shape index (κ2) is 7.40. The van der Waals surface area contributed by atoms with Crippen LogP contribution in [0.4, 0.5) is 0 Å². The van der Waals surface area contributed by atoms with Crippen LogP contribution >= 0.6 is 33.9 Å². The Kier molecular flexibility index (Phi) is 5.84. The minimum absolute atomic E-state index is 0.453. The van der Waals surface area contributed by atoms with Crippen molar-refractivity contribution in [1.29, 1.82) is 0 Å². The first kappa shape index (κ1) is 15.0. The monoisotopic (exact) mass is 389 g/mol. The van der Waals surface area contributed by atoms with Crippen molar-refractivity contribution in [1.82, 2.24) is 15.1 Å². The number of thiophene rings is 1. The van der Waals surface area contributed by atoms with Crippen LogP contribution in [-0.2, 0) is 13.5 Å². The van der Waals surface area contributed by atoms with E-state index in [0.29, 0.717) is 6.04 Å². The number of aryl methyl sites for hydroxylation is 2. The molecule has 0 radical (unpaired) electrons. The molecule has 2 aromatic rings. The summed E-state index contributed by atoms with van der Waals surface area (Å²) in [6, 6.07) is 4.85. The molecule has 0 aromatic carbocycles. The highest BCUT2D eigenvalue weighted by molar-refractivity contribution is 14.1. The number of aromatic nitrogens is 2. The van der Waals surface area contributed by atoms with Crippen molar-refractivity contribution in [2.75, 3.05) is 6.54 Å². The molecule has 1 unspecified atom stereocenters. The van der Waals surface area contributed by atoms with Crippen LogP contribution in [0.5, 0.6) is 0 Å². The minimum atomic E-state index is 0.453. The van der Waals surface area contributed by atoms with Gasteiger partial charge in [0.25, 0.3) is 0 Å². The van der Waals surface area contributed by atoms with E-state index in [2.05, 4.69) is 57.4 Å². The molecule has 2 rings (SSSR count). The molecule has 0 saturated heterocycles. The molecule has 0 fully saturated rings. The van der Waals surface area contributed by atoms with E-state index in [4.69, 9.17) is 0 Å². The summed E-state index contributed by atoms with van der Waals surface area (Å²) in [4.78, 5) is 0. The fourth-order valence-corrected chi connectivity index (χ4v) is 3.58. The number of nitrogens with one attached hydrogen (secondary N) is 1. The summed E-state index contributed by atoms with van der Waals surface area (Å²) in [5.74, 6) is 0. The molecular formula is C14H20IN3S. The molecule has 2 aromatic heterocycles. The van der Waals surface area contributed by atoms with Crippen molar-refractivity contribution >= 4 is 33.9 Å². The van der Waals surface area contributed by atoms with E-state index < -0.39 is 0 Å². The van der Waals surface area contributed by atoms with Gasteiger partial charge in [0.1, 0.15) is 0 Å². The molecular weight excluding hydrogens is 369 g/mol. The molecule has 0 spiro atoms. The summed E-state index contributed by atoms with van der Waals surface area (Å²) >= 11 is 4.21. The standard InChI is InChI=1S/C14H20IN3S/c1-3-7-16-13(11-9-14(15)19-10-11)5-4-12-6-8-17-18(12)2/h6,8-10,13,16H,3-5,7H2,1-2H3. The van der Waals surface area contributed by atoms with E-state index in [-0.39, 0.29) is 0 Å². The van der Waals surface area contributed by atoms with Crippen LogP contribution < -0.4 is 5.32 Å². The predicted molar refractivity (Wildman–Crippen MR) is 89.6 cm³/mol. The van der Waals surface area contributed by atoms with Crippen LogP contribution in [0, 0.1) is 2.88 Å². The Bertz CT molecular complexity index is 506. The minimum Gasteiger partial charge on any atom is -0.310 e. The lowest BCUT2D eigenvalue weighted by molar-refractivity contribution is 0.492. The molecule has 0 aliphatic carbocycles. The van der Waals surface area contributed by atoms with Crippen LogP contribution in [0.25, 0.3) is 0 Å². The van der Waals surface area contributed by atoms with E-state index in [9.17, 15) is 0 Å². The van der Waals surface area contributed by atoms with Gasteiger partial charge in [0, 0.05) is 25.0 Å². The first-order chi connectivity index (χ1) is 9.20. The Morgan fingerprint density at radius 3 is 2.95 bits per heavy atom. The molecule has 104 valence electrons. The summed E-state index contributed by atoms with van der Waals surface area (Å²) < 4.78 is 3.32. The van der Waals surface area contributed by atoms with E-state index in [1.165, 1.54) is 20.6 Å². The van der Waals surface area contributed by atoms with Crippen LogP contribution in [0.1, 0.15) is 37.1 Å². The van der Waals surface area contributed by atoms with Gasteiger partial charge in [0.05, 0.1) is 2.88 Å². The zero-order valence-electron chi connectivity index (χ0n) is 11.4. The van der Waals surface area contributed by atoms with Gasteiger partial charge < -0.3 is 5.32 Å².